The predicted molar refractivity (Wildman–Crippen MR) is 60.9 cm³/mol. The fourth-order valence-electron chi connectivity index (χ4n) is 1.28. The van der Waals surface area contributed by atoms with E-state index >= 15 is 0 Å². The molecule has 0 aliphatic rings. The van der Waals surface area contributed by atoms with E-state index in [0.29, 0.717) is 12.0 Å². The Labute approximate surface area is 99.6 Å². The molecule has 1 rings (SSSR count). The van der Waals surface area contributed by atoms with Gasteiger partial charge in [0.05, 0.1) is 13.7 Å². The number of hydrogen-bond donors (Lipinski definition) is 2. The van der Waals surface area contributed by atoms with Gasteiger partial charge in [0.25, 0.3) is 0 Å². The van der Waals surface area contributed by atoms with Crippen LogP contribution in [-0.2, 0) is 9.53 Å². The van der Waals surface area contributed by atoms with Gasteiger partial charge in [0.1, 0.15) is 0 Å². The first kappa shape index (κ1) is 13.3. The van der Waals surface area contributed by atoms with E-state index in [1.807, 2.05) is 6.92 Å². The SMILES string of the molecule is CCCOC(=O)[C@H](O)c1ccc(O)c(OC)c1. The zero-order chi connectivity index (χ0) is 12.8. The van der Waals surface area contributed by atoms with Crippen LogP contribution in [0, 0.1) is 0 Å². The molecule has 0 amide bonds. The summed E-state index contributed by atoms with van der Waals surface area (Å²) < 4.78 is 9.70. The summed E-state index contributed by atoms with van der Waals surface area (Å²) in [7, 11) is 1.39. The molecule has 5 nitrogen and oxygen atoms in total. The lowest BCUT2D eigenvalue weighted by molar-refractivity contribution is -0.153. The molecule has 0 aliphatic heterocycles. The van der Waals surface area contributed by atoms with E-state index in [1.165, 1.54) is 25.3 Å². The summed E-state index contributed by atoms with van der Waals surface area (Å²) in [6, 6.07) is 4.19. The average molecular weight is 240 g/mol. The van der Waals surface area contributed by atoms with Crippen LogP contribution in [0.25, 0.3) is 0 Å². The molecule has 2 N–H and O–H groups in total. The van der Waals surface area contributed by atoms with Gasteiger partial charge in [-0.2, -0.15) is 0 Å². The molecule has 1 aromatic carbocycles. The van der Waals surface area contributed by atoms with Crippen LogP contribution in [0.5, 0.6) is 11.5 Å². The quantitative estimate of drug-likeness (QED) is 0.760. The first-order valence-electron chi connectivity index (χ1n) is 5.31. The Morgan fingerprint density at radius 2 is 2.18 bits per heavy atom. The molecule has 0 saturated carbocycles. The number of benzene rings is 1. The summed E-state index contributed by atoms with van der Waals surface area (Å²) in [5.74, 6) is -0.560. The number of hydrogen-bond acceptors (Lipinski definition) is 5. The van der Waals surface area contributed by atoms with Crippen molar-refractivity contribution >= 4 is 5.97 Å². The van der Waals surface area contributed by atoms with Crippen molar-refractivity contribution in [3.8, 4) is 11.5 Å². The topological polar surface area (TPSA) is 76.0 Å². The third-order valence-corrected chi connectivity index (χ3v) is 2.19. The van der Waals surface area contributed by atoms with E-state index in [4.69, 9.17) is 9.47 Å². The van der Waals surface area contributed by atoms with E-state index in [-0.39, 0.29) is 18.1 Å². The monoisotopic (exact) mass is 240 g/mol. The predicted octanol–water partition coefficient (Wildman–Crippen LogP) is 1.39. The van der Waals surface area contributed by atoms with E-state index in [0.717, 1.165) is 0 Å². The van der Waals surface area contributed by atoms with Gasteiger partial charge in [-0.3, -0.25) is 0 Å². The molecule has 0 bridgehead atoms. The molecule has 94 valence electrons. The van der Waals surface area contributed by atoms with Gasteiger partial charge in [-0.15, -0.1) is 0 Å². The van der Waals surface area contributed by atoms with Crippen LogP contribution in [0.2, 0.25) is 0 Å². The Bertz CT molecular complexity index is 388. The highest BCUT2D eigenvalue weighted by molar-refractivity contribution is 5.76. The van der Waals surface area contributed by atoms with Gasteiger partial charge in [-0.25, -0.2) is 4.79 Å². The van der Waals surface area contributed by atoms with Gasteiger partial charge in [0.15, 0.2) is 17.6 Å². The van der Waals surface area contributed by atoms with Crippen molar-refractivity contribution in [3.63, 3.8) is 0 Å². The van der Waals surface area contributed by atoms with Crippen molar-refractivity contribution < 1.29 is 24.5 Å². The number of aliphatic hydroxyl groups excluding tert-OH is 1. The first-order chi connectivity index (χ1) is 8.10. The van der Waals surface area contributed by atoms with Crippen LogP contribution in [0.1, 0.15) is 25.0 Å². The summed E-state index contributed by atoms with van der Waals surface area (Å²) >= 11 is 0. The minimum Gasteiger partial charge on any atom is -0.504 e. The molecule has 0 spiro atoms. The van der Waals surface area contributed by atoms with E-state index in [1.54, 1.807) is 0 Å². The normalized spacial score (nSPS) is 11.9. The number of rotatable bonds is 5. The molecule has 0 heterocycles. The number of aliphatic hydroxyl groups is 1. The van der Waals surface area contributed by atoms with Crippen LogP contribution in [0.4, 0.5) is 0 Å². The second-order valence-electron chi connectivity index (χ2n) is 3.50. The van der Waals surface area contributed by atoms with Gasteiger partial charge in [-0.05, 0) is 24.1 Å². The summed E-state index contributed by atoms with van der Waals surface area (Å²) in [6.07, 6.45) is -0.673. The van der Waals surface area contributed by atoms with Crippen molar-refractivity contribution in [2.45, 2.75) is 19.4 Å². The lowest BCUT2D eigenvalue weighted by atomic mass is 10.1. The summed E-state index contributed by atoms with van der Waals surface area (Å²) in [6.45, 7) is 2.13. The standard InChI is InChI=1S/C12H16O5/c1-3-6-17-12(15)11(14)8-4-5-9(13)10(7-8)16-2/h4-5,7,11,13-14H,3,6H2,1-2H3/t11-/m1/s1. The molecule has 1 atom stereocenters. The second kappa shape index (κ2) is 6.10. The fraction of sp³-hybridized carbons (Fsp3) is 0.417. The summed E-state index contributed by atoms with van der Waals surface area (Å²) in [5, 5.41) is 19.1. The molecule has 0 fully saturated rings. The van der Waals surface area contributed by atoms with Crippen molar-refractivity contribution in [3.05, 3.63) is 23.8 Å². The second-order valence-corrected chi connectivity index (χ2v) is 3.50. The number of carbonyl (C=O) groups excluding carboxylic acids is 1. The summed E-state index contributed by atoms with van der Waals surface area (Å²) in [4.78, 5) is 11.4. The van der Waals surface area contributed by atoms with Crippen LogP contribution >= 0.6 is 0 Å². The van der Waals surface area contributed by atoms with Gasteiger partial charge in [0, 0.05) is 0 Å². The number of phenols is 1. The fourth-order valence-corrected chi connectivity index (χ4v) is 1.28. The maximum atomic E-state index is 11.4. The zero-order valence-electron chi connectivity index (χ0n) is 9.84. The third kappa shape index (κ3) is 3.35. The molecule has 0 unspecified atom stereocenters. The number of methoxy groups -OCH3 is 1. The highest BCUT2D eigenvalue weighted by Gasteiger charge is 2.20. The number of phenolic OH excluding ortho intramolecular Hbond substituents is 1. The lowest BCUT2D eigenvalue weighted by Crippen LogP contribution is -2.16. The molecular formula is C12H16O5. The van der Waals surface area contributed by atoms with Crippen LogP contribution in [0.15, 0.2) is 18.2 Å². The summed E-state index contributed by atoms with van der Waals surface area (Å²) in [5.41, 5.74) is 0.320. The molecule has 5 heteroatoms. The molecular weight excluding hydrogens is 224 g/mol. The van der Waals surface area contributed by atoms with Gasteiger partial charge in [-0.1, -0.05) is 13.0 Å². The highest BCUT2D eigenvalue weighted by atomic mass is 16.5. The van der Waals surface area contributed by atoms with E-state index in [2.05, 4.69) is 0 Å². The van der Waals surface area contributed by atoms with Crippen LogP contribution in [0.3, 0.4) is 0 Å². The van der Waals surface area contributed by atoms with Gasteiger partial charge >= 0.3 is 5.97 Å². The number of ether oxygens (including phenoxy) is 2. The molecule has 0 aliphatic carbocycles. The number of esters is 1. The van der Waals surface area contributed by atoms with Crippen molar-refractivity contribution in [2.24, 2.45) is 0 Å². The molecule has 0 saturated heterocycles. The Morgan fingerprint density at radius 1 is 1.47 bits per heavy atom. The smallest absolute Gasteiger partial charge is 0.339 e. The van der Waals surface area contributed by atoms with Crippen molar-refractivity contribution in [2.75, 3.05) is 13.7 Å². The molecule has 0 radical (unpaired) electrons. The highest BCUT2D eigenvalue weighted by Crippen LogP contribution is 2.29. The first-order valence-corrected chi connectivity index (χ1v) is 5.31. The number of carbonyl (C=O) groups is 1. The maximum absolute atomic E-state index is 11.4. The average Bonchev–Trinajstić information content (AvgIpc) is 2.35. The minimum atomic E-state index is -1.36. The number of aromatic hydroxyl groups is 1. The largest absolute Gasteiger partial charge is 0.504 e. The third-order valence-electron chi connectivity index (χ3n) is 2.19. The Balaban J connectivity index is 2.81. The lowest BCUT2D eigenvalue weighted by Gasteiger charge is -2.12. The minimum absolute atomic E-state index is 0.0506. The molecule has 1 aromatic rings. The Kier molecular flexibility index (Phi) is 4.78. The Morgan fingerprint density at radius 3 is 2.76 bits per heavy atom. The Hall–Kier alpha value is -1.75. The van der Waals surface area contributed by atoms with Crippen LogP contribution in [-0.4, -0.2) is 29.9 Å². The van der Waals surface area contributed by atoms with Gasteiger partial charge < -0.3 is 19.7 Å². The molecule has 0 aromatic heterocycles. The maximum Gasteiger partial charge on any atom is 0.339 e. The van der Waals surface area contributed by atoms with E-state index < -0.39 is 12.1 Å². The van der Waals surface area contributed by atoms with E-state index in [9.17, 15) is 15.0 Å². The van der Waals surface area contributed by atoms with Gasteiger partial charge in [0.2, 0.25) is 0 Å². The molecule has 17 heavy (non-hydrogen) atoms. The van der Waals surface area contributed by atoms with Crippen molar-refractivity contribution in [1.29, 1.82) is 0 Å². The van der Waals surface area contributed by atoms with Crippen LogP contribution < -0.4 is 4.74 Å². The van der Waals surface area contributed by atoms with Crippen molar-refractivity contribution in [1.82, 2.24) is 0 Å². The zero-order valence-corrected chi connectivity index (χ0v) is 9.84.